The lowest BCUT2D eigenvalue weighted by atomic mass is 10.0. The summed E-state index contributed by atoms with van der Waals surface area (Å²) >= 11 is 9.91. The van der Waals surface area contributed by atoms with Crippen LogP contribution in [0.3, 0.4) is 0 Å². The van der Waals surface area contributed by atoms with Crippen LogP contribution in [0.2, 0.25) is 5.02 Å². The van der Waals surface area contributed by atoms with E-state index in [0.717, 1.165) is 11.4 Å². The van der Waals surface area contributed by atoms with E-state index in [4.69, 9.17) is 17.4 Å². The summed E-state index contributed by atoms with van der Waals surface area (Å²) in [6, 6.07) is 10.2. The number of rotatable bonds is 4. The summed E-state index contributed by atoms with van der Waals surface area (Å²) in [6.45, 7) is 0. The van der Waals surface area contributed by atoms with Gasteiger partial charge in [-0.1, -0.05) is 23.7 Å². The number of hydrogen-bond acceptors (Lipinski definition) is 3. The van der Waals surface area contributed by atoms with Crippen LogP contribution in [0.5, 0.6) is 0 Å². The summed E-state index contributed by atoms with van der Waals surface area (Å²) in [6.07, 6.45) is 0.862. The van der Waals surface area contributed by atoms with E-state index < -0.39 is 0 Å². The van der Waals surface area contributed by atoms with Gasteiger partial charge in [-0.3, -0.25) is 11.3 Å². The van der Waals surface area contributed by atoms with E-state index in [1.807, 2.05) is 24.3 Å². The molecule has 2 nitrogen and oxygen atoms in total. The first kappa shape index (κ1) is 13.3. The highest BCUT2D eigenvalue weighted by Gasteiger charge is 2.12. The molecule has 2 aromatic rings. The van der Waals surface area contributed by atoms with Crippen molar-refractivity contribution in [2.24, 2.45) is 5.84 Å². The molecule has 0 radical (unpaired) electrons. The van der Waals surface area contributed by atoms with Gasteiger partial charge in [0.1, 0.15) is 0 Å². The van der Waals surface area contributed by atoms with Crippen LogP contribution in [0, 0.1) is 2.88 Å². The van der Waals surface area contributed by atoms with Gasteiger partial charge in [0.15, 0.2) is 0 Å². The second-order valence-electron chi connectivity index (χ2n) is 3.73. The molecule has 0 amide bonds. The molecule has 2 rings (SSSR count). The van der Waals surface area contributed by atoms with Gasteiger partial charge in [0.2, 0.25) is 0 Å². The third-order valence-corrected chi connectivity index (χ3v) is 4.60. The quantitative estimate of drug-likeness (QED) is 0.483. The van der Waals surface area contributed by atoms with Crippen LogP contribution in [0.15, 0.2) is 35.7 Å². The zero-order valence-electron chi connectivity index (χ0n) is 8.99. The molecule has 1 atom stereocenters. The highest BCUT2D eigenvalue weighted by atomic mass is 127. The summed E-state index contributed by atoms with van der Waals surface area (Å²) < 4.78 is 1.27. The number of halogens is 2. The van der Waals surface area contributed by atoms with Crippen molar-refractivity contribution in [1.82, 2.24) is 5.43 Å². The van der Waals surface area contributed by atoms with Crippen molar-refractivity contribution in [3.05, 3.63) is 54.7 Å². The van der Waals surface area contributed by atoms with Crippen LogP contribution in [0.1, 0.15) is 17.2 Å². The van der Waals surface area contributed by atoms with E-state index >= 15 is 0 Å². The third-order valence-electron chi connectivity index (χ3n) is 2.54. The summed E-state index contributed by atoms with van der Waals surface area (Å²) in [5.41, 5.74) is 5.32. The number of hydrogen-bond donors (Lipinski definition) is 2. The Labute approximate surface area is 123 Å². The van der Waals surface area contributed by atoms with E-state index in [0.29, 0.717) is 0 Å². The van der Waals surface area contributed by atoms with Crippen LogP contribution in [-0.2, 0) is 6.42 Å². The van der Waals surface area contributed by atoms with Crippen LogP contribution >= 0.6 is 45.5 Å². The number of nitrogens with two attached hydrogens (primary N) is 1. The fourth-order valence-electron chi connectivity index (χ4n) is 1.64. The SMILES string of the molecule is NNC(Cc1ccc(Cl)cc1)c1csc(I)c1. The van der Waals surface area contributed by atoms with E-state index in [-0.39, 0.29) is 6.04 Å². The highest BCUT2D eigenvalue weighted by molar-refractivity contribution is 14.1. The van der Waals surface area contributed by atoms with Crippen molar-refractivity contribution >= 4 is 45.5 Å². The Morgan fingerprint density at radius 1 is 1.35 bits per heavy atom. The highest BCUT2D eigenvalue weighted by Crippen LogP contribution is 2.25. The minimum Gasteiger partial charge on any atom is -0.271 e. The average molecular weight is 379 g/mol. The molecule has 0 spiro atoms. The molecule has 17 heavy (non-hydrogen) atoms. The number of benzene rings is 1. The van der Waals surface area contributed by atoms with Crippen molar-refractivity contribution in [3.8, 4) is 0 Å². The van der Waals surface area contributed by atoms with Crippen molar-refractivity contribution in [2.75, 3.05) is 0 Å². The summed E-state index contributed by atoms with van der Waals surface area (Å²) in [5.74, 6) is 5.62. The predicted molar refractivity (Wildman–Crippen MR) is 82.3 cm³/mol. The van der Waals surface area contributed by atoms with Gasteiger partial charge in [-0.2, -0.15) is 0 Å². The lowest BCUT2D eigenvalue weighted by molar-refractivity contribution is 0.553. The molecule has 1 aromatic carbocycles. The Morgan fingerprint density at radius 2 is 2.06 bits per heavy atom. The molecule has 3 N–H and O–H groups in total. The topological polar surface area (TPSA) is 38.0 Å². The van der Waals surface area contributed by atoms with Gasteiger partial charge in [-0.15, -0.1) is 11.3 Å². The van der Waals surface area contributed by atoms with Gasteiger partial charge in [0.05, 0.1) is 8.93 Å². The minimum absolute atomic E-state index is 0.149. The standard InChI is InChI=1S/C12H12ClIN2S/c13-10-3-1-8(2-4-10)5-11(16-15)9-6-12(14)17-7-9/h1-4,6-7,11,16H,5,15H2. The van der Waals surface area contributed by atoms with E-state index in [9.17, 15) is 0 Å². The number of hydrazine groups is 1. The lowest BCUT2D eigenvalue weighted by Crippen LogP contribution is -2.29. The molecule has 1 aromatic heterocycles. The lowest BCUT2D eigenvalue weighted by Gasteiger charge is -2.14. The first-order valence-corrected chi connectivity index (χ1v) is 7.47. The molecular formula is C12H12ClIN2S. The molecule has 1 heterocycles. The Morgan fingerprint density at radius 3 is 2.59 bits per heavy atom. The van der Waals surface area contributed by atoms with Gasteiger partial charge in [0, 0.05) is 5.02 Å². The van der Waals surface area contributed by atoms with Crippen molar-refractivity contribution < 1.29 is 0 Å². The Kier molecular flexibility index (Phi) is 4.81. The Hall–Kier alpha value is -0.140. The molecule has 0 saturated carbocycles. The molecular weight excluding hydrogens is 367 g/mol. The van der Waals surface area contributed by atoms with Gasteiger partial charge in [0.25, 0.3) is 0 Å². The zero-order valence-corrected chi connectivity index (χ0v) is 12.7. The van der Waals surface area contributed by atoms with Gasteiger partial charge in [-0.05, 0) is 63.7 Å². The predicted octanol–water partition coefficient (Wildman–Crippen LogP) is 3.75. The minimum atomic E-state index is 0.149. The molecule has 90 valence electrons. The third kappa shape index (κ3) is 3.66. The molecule has 0 bridgehead atoms. The number of nitrogens with one attached hydrogen (secondary N) is 1. The van der Waals surface area contributed by atoms with E-state index in [1.165, 1.54) is 14.0 Å². The van der Waals surface area contributed by atoms with E-state index in [1.54, 1.807) is 11.3 Å². The van der Waals surface area contributed by atoms with Crippen molar-refractivity contribution in [3.63, 3.8) is 0 Å². The van der Waals surface area contributed by atoms with Crippen LogP contribution < -0.4 is 11.3 Å². The smallest absolute Gasteiger partial charge is 0.0656 e. The fourth-order valence-corrected chi connectivity index (χ4v) is 3.19. The molecule has 0 aliphatic carbocycles. The second kappa shape index (κ2) is 6.15. The normalized spacial score (nSPS) is 12.6. The maximum atomic E-state index is 5.86. The first-order valence-electron chi connectivity index (χ1n) is 5.13. The maximum Gasteiger partial charge on any atom is 0.0656 e. The monoisotopic (exact) mass is 378 g/mol. The molecule has 0 saturated heterocycles. The Balaban J connectivity index is 2.12. The van der Waals surface area contributed by atoms with E-state index in [2.05, 4.69) is 39.5 Å². The van der Waals surface area contributed by atoms with Crippen molar-refractivity contribution in [1.29, 1.82) is 0 Å². The summed E-state index contributed by atoms with van der Waals surface area (Å²) in [4.78, 5) is 0. The zero-order chi connectivity index (χ0) is 12.3. The van der Waals surface area contributed by atoms with Crippen LogP contribution in [0.4, 0.5) is 0 Å². The molecule has 5 heteroatoms. The molecule has 1 unspecified atom stereocenters. The summed E-state index contributed by atoms with van der Waals surface area (Å²) in [5, 5.41) is 2.90. The van der Waals surface area contributed by atoms with Crippen LogP contribution in [0.25, 0.3) is 0 Å². The van der Waals surface area contributed by atoms with Crippen LogP contribution in [-0.4, -0.2) is 0 Å². The molecule has 0 aliphatic rings. The molecule has 0 aliphatic heterocycles. The second-order valence-corrected chi connectivity index (χ2v) is 6.98. The average Bonchev–Trinajstić information content (AvgIpc) is 2.75. The van der Waals surface area contributed by atoms with Gasteiger partial charge < -0.3 is 0 Å². The first-order chi connectivity index (χ1) is 8.19. The van der Waals surface area contributed by atoms with Crippen molar-refractivity contribution in [2.45, 2.75) is 12.5 Å². The van der Waals surface area contributed by atoms with Gasteiger partial charge in [-0.25, -0.2) is 0 Å². The Bertz CT molecular complexity index is 484. The summed E-state index contributed by atoms with van der Waals surface area (Å²) in [7, 11) is 0. The van der Waals surface area contributed by atoms with Gasteiger partial charge >= 0.3 is 0 Å². The molecule has 0 fully saturated rings. The largest absolute Gasteiger partial charge is 0.271 e. The number of thiophene rings is 1. The fraction of sp³-hybridized carbons (Fsp3) is 0.167. The maximum absolute atomic E-state index is 5.86.